The molecule has 0 bridgehead atoms. The second-order valence-corrected chi connectivity index (χ2v) is 4.25. The molecule has 92 valence electrons. The number of nitrogens with zero attached hydrogens (tertiary/aromatic N) is 1. The molecule has 2 heteroatoms. The lowest BCUT2D eigenvalue weighted by Gasteiger charge is -2.21. The van der Waals surface area contributed by atoms with Crippen LogP contribution in [0.5, 0.6) is 0 Å². The summed E-state index contributed by atoms with van der Waals surface area (Å²) < 4.78 is 0. The maximum Gasteiger partial charge on any atom is 0.258 e. The van der Waals surface area contributed by atoms with E-state index in [2.05, 4.69) is 0 Å². The Bertz CT molecular complexity index is 517. The van der Waals surface area contributed by atoms with Gasteiger partial charge in [0.15, 0.2) is 0 Å². The normalized spacial score (nSPS) is 10.1. The molecule has 0 heterocycles. The molecule has 0 radical (unpaired) electrons. The number of aryl methyl sites for hydroxylation is 1. The monoisotopic (exact) mass is 239 g/mol. The Morgan fingerprint density at radius 1 is 1.00 bits per heavy atom. The van der Waals surface area contributed by atoms with Gasteiger partial charge in [0.1, 0.15) is 0 Å². The van der Waals surface area contributed by atoms with Crippen LogP contribution in [0.2, 0.25) is 0 Å². The number of hydrogen-bond acceptors (Lipinski definition) is 1. The number of carbonyl (C=O) groups excluding carboxylic acids is 1. The quantitative estimate of drug-likeness (QED) is 0.800. The lowest BCUT2D eigenvalue weighted by Crippen LogP contribution is -2.30. The standard InChI is InChI=1S/C16H17NO/c1-3-17(15-7-5-4-6-8-15)16(18)14-11-9-13(2)10-12-14/h4-12H,3H2,1-2H3. The van der Waals surface area contributed by atoms with Crippen molar-refractivity contribution in [3.05, 3.63) is 65.7 Å². The van der Waals surface area contributed by atoms with Gasteiger partial charge in [-0.3, -0.25) is 4.79 Å². The molecular formula is C16H17NO. The fourth-order valence-electron chi connectivity index (χ4n) is 1.90. The summed E-state index contributed by atoms with van der Waals surface area (Å²) >= 11 is 0. The van der Waals surface area contributed by atoms with Crippen LogP contribution >= 0.6 is 0 Å². The summed E-state index contributed by atoms with van der Waals surface area (Å²) in [5.74, 6) is 0.0451. The smallest absolute Gasteiger partial charge is 0.258 e. The summed E-state index contributed by atoms with van der Waals surface area (Å²) in [5.41, 5.74) is 2.83. The number of rotatable bonds is 3. The zero-order chi connectivity index (χ0) is 13.0. The Hall–Kier alpha value is -2.09. The van der Waals surface area contributed by atoms with E-state index >= 15 is 0 Å². The molecule has 0 saturated heterocycles. The molecule has 0 atom stereocenters. The van der Waals surface area contributed by atoms with E-state index in [1.54, 1.807) is 4.90 Å². The van der Waals surface area contributed by atoms with Crippen LogP contribution < -0.4 is 4.90 Å². The van der Waals surface area contributed by atoms with Crippen LogP contribution in [-0.2, 0) is 0 Å². The predicted molar refractivity (Wildman–Crippen MR) is 75.0 cm³/mol. The Morgan fingerprint density at radius 2 is 1.61 bits per heavy atom. The number of hydrogen-bond donors (Lipinski definition) is 0. The van der Waals surface area contributed by atoms with Crippen LogP contribution in [0.25, 0.3) is 0 Å². The Balaban J connectivity index is 2.28. The lowest BCUT2D eigenvalue weighted by atomic mass is 10.1. The third-order valence-corrected chi connectivity index (χ3v) is 2.93. The number of anilines is 1. The van der Waals surface area contributed by atoms with Crippen molar-refractivity contribution in [3.63, 3.8) is 0 Å². The highest BCUT2D eigenvalue weighted by molar-refractivity contribution is 6.06. The average molecular weight is 239 g/mol. The van der Waals surface area contributed by atoms with Crippen LogP contribution in [-0.4, -0.2) is 12.5 Å². The maximum atomic E-state index is 12.4. The third kappa shape index (κ3) is 2.59. The number of carbonyl (C=O) groups is 1. The molecule has 2 aromatic rings. The van der Waals surface area contributed by atoms with Gasteiger partial charge in [0.05, 0.1) is 0 Å². The summed E-state index contributed by atoms with van der Waals surface area (Å²) in [5, 5.41) is 0. The van der Waals surface area contributed by atoms with Gasteiger partial charge in [0.25, 0.3) is 5.91 Å². The van der Waals surface area contributed by atoms with Gasteiger partial charge < -0.3 is 4.90 Å². The van der Waals surface area contributed by atoms with Gasteiger partial charge in [-0.2, -0.15) is 0 Å². The van der Waals surface area contributed by atoms with E-state index in [0.717, 1.165) is 16.8 Å². The van der Waals surface area contributed by atoms with Crippen molar-refractivity contribution in [1.82, 2.24) is 0 Å². The molecule has 0 aliphatic rings. The second kappa shape index (κ2) is 5.50. The molecule has 2 rings (SSSR count). The first-order valence-corrected chi connectivity index (χ1v) is 6.16. The topological polar surface area (TPSA) is 20.3 Å². The largest absolute Gasteiger partial charge is 0.309 e. The van der Waals surface area contributed by atoms with Gasteiger partial charge in [-0.15, -0.1) is 0 Å². The van der Waals surface area contributed by atoms with Gasteiger partial charge in [-0.05, 0) is 38.1 Å². The molecule has 0 saturated carbocycles. The van der Waals surface area contributed by atoms with Crippen LogP contribution in [0.4, 0.5) is 5.69 Å². The summed E-state index contributed by atoms with van der Waals surface area (Å²) in [4.78, 5) is 14.2. The minimum atomic E-state index is 0.0451. The molecule has 2 nitrogen and oxygen atoms in total. The van der Waals surface area contributed by atoms with E-state index in [-0.39, 0.29) is 5.91 Å². The molecule has 0 fully saturated rings. The molecule has 0 N–H and O–H groups in total. The van der Waals surface area contributed by atoms with Gasteiger partial charge >= 0.3 is 0 Å². The van der Waals surface area contributed by atoms with E-state index in [9.17, 15) is 4.79 Å². The molecule has 0 aromatic heterocycles. The summed E-state index contributed by atoms with van der Waals surface area (Å²) in [7, 11) is 0. The highest BCUT2D eigenvalue weighted by Gasteiger charge is 2.15. The fourth-order valence-corrected chi connectivity index (χ4v) is 1.90. The van der Waals surface area contributed by atoms with Gasteiger partial charge in [-0.1, -0.05) is 35.9 Å². The minimum Gasteiger partial charge on any atom is -0.309 e. The first-order valence-electron chi connectivity index (χ1n) is 6.16. The highest BCUT2D eigenvalue weighted by atomic mass is 16.2. The molecule has 1 amide bonds. The average Bonchev–Trinajstić information content (AvgIpc) is 2.41. The third-order valence-electron chi connectivity index (χ3n) is 2.93. The predicted octanol–water partition coefficient (Wildman–Crippen LogP) is 3.66. The van der Waals surface area contributed by atoms with Crippen molar-refractivity contribution < 1.29 is 4.79 Å². The second-order valence-electron chi connectivity index (χ2n) is 4.25. The van der Waals surface area contributed by atoms with Gasteiger partial charge in [-0.25, -0.2) is 0 Å². The van der Waals surface area contributed by atoms with E-state index in [4.69, 9.17) is 0 Å². The van der Waals surface area contributed by atoms with E-state index < -0.39 is 0 Å². The fraction of sp³-hybridized carbons (Fsp3) is 0.188. The van der Waals surface area contributed by atoms with Crippen LogP contribution in [0, 0.1) is 6.92 Å². The van der Waals surface area contributed by atoms with E-state index in [1.807, 2.05) is 68.4 Å². The van der Waals surface area contributed by atoms with Crippen molar-refractivity contribution in [2.75, 3.05) is 11.4 Å². The molecular weight excluding hydrogens is 222 g/mol. The molecule has 18 heavy (non-hydrogen) atoms. The molecule has 0 aliphatic carbocycles. The summed E-state index contributed by atoms with van der Waals surface area (Å²) in [6.07, 6.45) is 0. The first-order chi connectivity index (χ1) is 8.72. The van der Waals surface area contributed by atoms with Gasteiger partial charge in [0.2, 0.25) is 0 Å². The Morgan fingerprint density at radius 3 is 2.17 bits per heavy atom. The Kier molecular flexibility index (Phi) is 3.78. The van der Waals surface area contributed by atoms with Crippen molar-refractivity contribution in [2.24, 2.45) is 0 Å². The minimum absolute atomic E-state index is 0.0451. The molecule has 2 aromatic carbocycles. The molecule has 0 unspecified atom stereocenters. The van der Waals surface area contributed by atoms with E-state index in [0.29, 0.717) is 6.54 Å². The Labute approximate surface area is 108 Å². The van der Waals surface area contributed by atoms with Crippen molar-refractivity contribution in [2.45, 2.75) is 13.8 Å². The molecule has 0 spiro atoms. The summed E-state index contributed by atoms with van der Waals surface area (Å²) in [6, 6.07) is 17.4. The van der Waals surface area contributed by atoms with Gasteiger partial charge in [0, 0.05) is 17.8 Å². The first kappa shape index (κ1) is 12.4. The summed E-state index contributed by atoms with van der Waals surface area (Å²) in [6.45, 7) is 4.67. The maximum absolute atomic E-state index is 12.4. The number of amides is 1. The molecule has 0 aliphatic heterocycles. The van der Waals surface area contributed by atoms with E-state index in [1.165, 1.54) is 0 Å². The number of benzene rings is 2. The lowest BCUT2D eigenvalue weighted by molar-refractivity contribution is 0.0988. The zero-order valence-corrected chi connectivity index (χ0v) is 10.8. The van der Waals surface area contributed by atoms with Crippen LogP contribution in [0.15, 0.2) is 54.6 Å². The van der Waals surface area contributed by atoms with Crippen molar-refractivity contribution in [3.8, 4) is 0 Å². The van der Waals surface area contributed by atoms with Crippen molar-refractivity contribution in [1.29, 1.82) is 0 Å². The number of para-hydroxylation sites is 1. The highest BCUT2D eigenvalue weighted by Crippen LogP contribution is 2.16. The zero-order valence-electron chi connectivity index (χ0n) is 10.8. The SMILES string of the molecule is CCN(C(=O)c1ccc(C)cc1)c1ccccc1. The van der Waals surface area contributed by atoms with Crippen molar-refractivity contribution >= 4 is 11.6 Å². The van der Waals surface area contributed by atoms with Crippen LogP contribution in [0.3, 0.4) is 0 Å². The van der Waals surface area contributed by atoms with Crippen LogP contribution in [0.1, 0.15) is 22.8 Å².